The summed E-state index contributed by atoms with van der Waals surface area (Å²) in [7, 11) is 0. The number of benzene rings is 1. The molecule has 1 heterocycles. The Hall–Kier alpha value is -1.75. The maximum atomic E-state index is 5.62. The first-order chi connectivity index (χ1) is 10.3. The molecule has 2 aromatic rings. The molecule has 0 fully saturated rings. The van der Waals surface area contributed by atoms with E-state index in [2.05, 4.69) is 35.9 Å². The lowest BCUT2D eigenvalue weighted by Gasteiger charge is -2.10. The molecule has 0 amide bonds. The lowest BCUT2D eigenvalue weighted by molar-refractivity contribution is 0.206. The summed E-state index contributed by atoms with van der Waals surface area (Å²) in [5, 5.41) is 0.635. The van der Waals surface area contributed by atoms with Gasteiger partial charge in [-0.15, -0.1) is 11.8 Å². The molecular formula is C16H20N2O2S. The average molecular weight is 304 g/mol. The van der Waals surface area contributed by atoms with E-state index in [0.717, 1.165) is 5.75 Å². The lowest BCUT2D eigenvalue weighted by Crippen LogP contribution is -2.10. The van der Waals surface area contributed by atoms with Crippen molar-refractivity contribution in [1.82, 2.24) is 9.97 Å². The van der Waals surface area contributed by atoms with Gasteiger partial charge in [0.15, 0.2) is 0 Å². The molecule has 1 unspecified atom stereocenters. The fraction of sp³-hybridized carbons (Fsp3) is 0.375. The van der Waals surface area contributed by atoms with Gasteiger partial charge in [0.2, 0.25) is 0 Å². The summed E-state index contributed by atoms with van der Waals surface area (Å²) in [6.07, 6.45) is 4.47. The third-order valence-electron chi connectivity index (χ3n) is 2.86. The molecule has 0 bridgehead atoms. The van der Waals surface area contributed by atoms with Crippen molar-refractivity contribution in [3.8, 4) is 11.8 Å². The highest BCUT2D eigenvalue weighted by Crippen LogP contribution is 2.26. The van der Waals surface area contributed by atoms with Gasteiger partial charge < -0.3 is 9.47 Å². The average Bonchev–Trinajstić information content (AvgIpc) is 2.54. The minimum absolute atomic E-state index is 0.376. The van der Waals surface area contributed by atoms with Gasteiger partial charge >= 0.3 is 6.01 Å². The molecular weight excluding hydrogens is 284 g/mol. The van der Waals surface area contributed by atoms with Crippen LogP contribution in [0.25, 0.3) is 0 Å². The smallest absolute Gasteiger partial charge is 0.316 e. The minimum Gasteiger partial charge on any atom is -0.490 e. The monoisotopic (exact) mass is 304 g/mol. The van der Waals surface area contributed by atoms with E-state index in [9.17, 15) is 0 Å². The summed E-state index contributed by atoms with van der Waals surface area (Å²) in [5.41, 5.74) is 0. The summed E-state index contributed by atoms with van der Waals surface area (Å²) in [6, 6.07) is 10.3. The Balaban J connectivity index is 1.71. The van der Waals surface area contributed by atoms with Gasteiger partial charge in [-0.05, 0) is 36.8 Å². The van der Waals surface area contributed by atoms with E-state index < -0.39 is 0 Å². The van der Waals surface area contributed by atoms with Gasteiger partial charge in [-0.25, -0.2) is 9.97 Å². The van der Waals surface area contributed by atoms with Crippen molar-refractivity contribution < 1.29 is 9.47 Å². The summed E-state index contributed by atoms with van der Waals surface area (Å²) < 4.78 is 11.0. The lowest BCUT2D eigenvalue weighted by atomic mass is 10.3. The van der Waals surface area contributed by atoms with E-state index in [1.165, 1.54) is 11.3 Å². The molecule has 4 nitrogen and oxygen atoms in total. The van der Waals surface area contributed by atoms with Crippen molar-refractivity contribution >= 4 is 11.8 Å². The van der Waals surface area contributed by atoms with Crippen LogP contribution >= 0.6 is 11.8 Å². The predicted octanol–water partition coefficient (Wildman–Crippen LogP) is 3.83. The number of aromatic nitrogens is 2. The highest BCUT2D eigenvalue weighted by Gasteiger charge is 2.02. The number of hydrogen-bond donors (Lipinski definition) is 0. The molecule has 5 heteroatoms. The molecule has 0 aliphatic rings. The van der Waals surface area contributed by atoms with Crippen molar-refractivity contribution in [2.75, 3.05) is 13.2 Å². The molecule has 21 heavy (non-hydrogen) atoms. The zero-order chi connectivity index (χ0) is 14.9. The third kappa shape index (κ3) is 5.63. The SMILES string of the molecule is CCC(C)Sc1ccc(OCCOc2ncccn2)cc1. The standard InChI is InChI=1S/C16H20N2O2S/c1-3-13(2)21-15-7-5-14(6-8-15)19-11-12-20-16-17-9-4-10-18-16/h4-10,13H,3,11-12H2,1-2H3. The number of rotatable bonds is 8. The second-order valence-corrected chi connectivity index (χ2v) is 6.05. The summed E-state index contributed by atoms with van der Waals surface area (Å²) >= 11 is 1.88. The van der Waals surface area contributed by atoms with Gasteiger partial charge in [0, 0.05) is 22.5 Å². The van der Waals surface area contributed by atoms with Crippen LogP contribution in [0.5, 0.6) is 11.8 Å². The summed E-state index contributed by atoms with van der Waals surface area (Å²) in [5.74, 6) is 0.848. The Labute approximate surface area is 129 Å². The van der Waals surface area contributed by atoms with E-state index in [4.69, 9.17) is 9.47 Å². The fourth-order valence-corrected chi connectivity index (χ4v) is 2.51. The predicted molar refractivity (Wildman–Crippen MR) is 85.1 cm³/mol. The highest BCUT2D eigenvalue weighted by atomic mass is 32.2. The van der Waals surface area contributed by atoms with Crippen molar-refractivity contribution in [3.05, 3.63) is 42.7 Å². The van der Waals surface area contributed by atoms with E-state index in [1.54, 1.807) is 18.5 Å². The minimum atomic E-state index is 0.376. The largest absolute Gasteiger partial charge is 0.490 e. The number of ether oxygens (including phenoxy) is 2. The van der Waals surface area contributed by atoms with Crippen LogP contribution in [0, 0.1) is 0 Å². The molecule has 0 spiro atoms. The topological polar surface area (TPSA) is 44.2 Å². The summed E-state index contributed by atoms with van der Waals surface area (Å²) in [6.45, 7) is 5.33. The second-order valence-electron chi connectivity index (χ2n) is 4.54. The maximum absolute atomic E-state index is 5.62. The Morgan fingerprint density at radius 2 is 1.71 bits per heavy atom. The third-order valence-corrected chi connectivity index (χ3v) is 4.14. The van der Waals surface area contributed by atoms with Gasteiger partial charge in [-0.3, -0.25) is 0 Å². The Kier molecular flexibility index (Phi) is 6.34. The zero-order valence-corrected chi connectivity index (χ0v) is 13.2. The van der Waals surface area contributed by atoms with Gasteiger partial charge in [0.25, 0.3) is 0 Å². The second kappa shape index (κ2) is 8.52. The van der Waals surface area contributed by atoms with E-state index in [-0.39, 0.29) is 0 Å². The Morgan fingerprint density at radius 3 is 2.38 bits per heavy atom. The van der Waals surface area contributed by atoms with Crippen LogP contribution in [-0.2, 0) is 0 Å². The molecule has 1 aromatic carbocycles. The molecule has 2 rings (SSSR count). The van der Waals surface area contributed by atoms with E-state index >= 15 is 0 Å². The first-order valence-corrected chi connectivity index (χ1v) is 7.95. The molecule has 1 aromatic heterocycles. The van der Waals surface area contributed by atoms with Crippen LogP contribution in [-0.4, -0.2) is 28.4 Å². The van der Waals surface area contributed by atoms with Crippen LogP contribution in [0.1, 0.15) is 20.3 Å². The number of hydrogen-bond acceptors (Lipinski definition) is 5. The summed E-state index contributed by atoms with van der Waals surface area (Å²) in [4.78, 5) is 9.23. The fourth-order valence-electron chi connectivity index (χ4n) is 1.58. The maximum Gasteiger partial charge on any atom is 0.316 e. The van der Waals surface area contributed by atoms with Crippen molar-refractivity contribution in [2.45, 2.75) is 30.4 Å². The van der Waals surface area contributed by atoms with Gasteiger partial charge in [0.05, 0.1) is 0 Å². The number of thioether (sulfide) groups is 1. The molecule has 0 aliphatic carbocycles. The van der Waals surface area contributed by atoms with E-state index in [0.29, 0.717) is 24.5 Å². The van der Waals surface area contributed by atoms with Crippen LogP contribution in [0.15, 0.2) is 47.6 Å². The molecule has 0 radical (unpaired) electrons. The van der Waals surface area contributed by atoms with Crippen molar-refractivity contribution in [3.63, 3.8) is 0 Å². The first-order valence-electron chi connectivity index (χ1n) is 7.07. The molecule has 112 valence electrons. The molecule has 0 saturated carbocycles. The molecule has 1 atom stereocenters. The normalized spacial score (nSPS) is 11.9. The van der Waals surface area contributed by atoms with Crippen LogP contribution in [0.4, 0.5) is 0 Å². The zero-order valence-electron chi connectivity index (χ0n) is 12.4. The Morgan fingerprint density at radius 1 is 1.05 bits per heavy atom. The quantitative estimate of drug-likeness (QED) is 0.548. The van der Waals surface area contributed by atoms with Crippen LogP contribution in [0.3, 0.4) is 0 Å². The van der Waals surface area contributed by atoms with Gasteiger partial charge in [0.1, 0.15) is 19.0 Å². The number of nitrogens with zero attached hydrogens (tertiary/aromatic N) is 2. The van der Waals surface area contributed by atoms with Crippen molar-refractivity contribution in [2.24, 2.45) is 0 Å². The molecule has 0 N–H and O–H groups in total. The van der Waals surface area contributed by atoms with E-state index in [1.807, 2.05) is 23.9 Å². The molecule has 0 aliphatic heterocycles. The van der Waals surface area contributed by atoms with Crippen LogP contribution < -0.4 is 9.47 Å². The van der Waals surface area contributed by atoms with Gasteiger partial charge in [-0.2, -0.15) is 0 Å². The Bertz CT molecular complexity index is 520. The van der Waals surface area contributed by atoms with Gasteiger partial charge in [-0.1, -0.05) is 13.8 Å². The molecule has 0 saturated heterocycles. The van der Waals surface area contributed by atoms with Crippen molar-refractivity contribution in [1.29, 1.82) is 0 Å². The van der Waals surface area contributed by atoms with Crippen LogP contribution in [0.2, 0.25) is 0 Å². The first kappa shape index (κ1) is 15.6. The highest BCUT2D eigenvalue weighted by molar-refractivity contribution is 7.99.